The van der Waals surface area contributed by atoms with Crippen LogP contribution in [0, 0.1) is 0 Å². The summed E-state index contributed by atoms with van der Waals surface area (Å²) in [4.78, 5) is 10.1. The van der Waals surface area contributed by atoms with E-state index < -0.39 is 6.03 Å². The molecule has 0 atom stereocenters. The summed E-state index contributed by atoms with van der Waals surface area (Å²) in [5, 5.41) is 0. The molecule has 2 amide bonds. The molecule has 0 aromatic rings. The van der Waals surface area contributed by atoms with E-state index in [1.165, 1.54) is 18.8 Å². The second kappa shape index (κ2) is 2.91. The number of carbonyl (C=O) groups excluding carboxylic acids is 1. The molecule has 0 aliphatic carbocycles. The van der Waals surface area contributed by atoms with Crippen molar-refractivity contribution < 1.29 is 23.6 Å². The SMILES string of the molecule is NNC(=O)[N](N)[Os]. The van der Waals surface area contributed by atoms with Crippen LogP contribution in [0.2, 0.25) is 0 Å². The fourth-order valence-corrected chi connectivity index (χ4v) is 0.224. The number of urea groups is 1. The van der Waals surface area contributed by atoms with Gasteiger partial charge in [-0.1, -0.05) is 0 Å². The van der Waals surface area contributed by atoms with Gasteiger partial charge in [-0.2, -0.15) is 0 Å². The summed E-state index contributed by atoms with van der Waals surface area (Å²) in [6.07, 6.45) is 0. The average molecular weight is 279 g/mol. The first-order valence-corrected chi connectivity index (χ1v) is 2.52. The van der Waals surface area contributed by atoms with Crippen molar-refractivity contribution in [2.24, 2.45) is 11.7 Å². The Morgan fingerprint density at radius 3 is 2.29 bits per heavy atom. The molecule has 0 aromatic heterocycles. The fourth-order valence-electron chi connectivity index (χ4n) is 0.0601. The normalized spacial score (nSPS) is 7.86. The maximum absolute atomic E-state index is 10.1. The average Bonchev–Trinajstić information content (AvgIpc) is 1.65. The van der Waals surface area contributed by atoms with Gasteiger partial charge >= 0.3 is 50.5 Å². The summed E-state index contributed by atoms with van der Waals surface area (Å²) in [5.41, 5.74) is 1.83. The van der Waals surface area contributed by atoms with Crippen LogP contribution in [0.5, 0.6) is 0 Å². The molecule has 7 heavy (non-hydrogen) atoms. The van der Waals surface area contributed by atoms with Crippen LogP contribution in [0.1, 0.15) is 0 Å². The molecule has 0 radical (unpaired) electrons. The Hall–Kier alpha value is -0.174. The summed E-state index contributed by atoms with van der Waals surface area (Å²) in [7, 11) is 0. The molecule has 5 nitrogen and oxygen atoms in total. The van der Waals surface area contributed by atoms with E-state index in [1.807, 2.05) is 5.43 Å². The molecule has 43 valence electrons. The molecule has 0 heterocycles. The summed E-state index contributed by atoms with van der Waals surface area (Å²) in [6, 6.07) is -0.502. The molecule has 0 rings (SSSR count). The van der Waals surface area contributed by atoms with E-state index in [1.54, 1.807) is 0 Å². The third-order valence-electron chi connectivity index (χ3n) is 0.313. The topological polar surface area (TPSA) is 84.4 Å². The molecule has 0 aliphatic rings. The zero-order chi connectivity index (χ0) is 5.86. The van der Waals surface area contributed by atoms with E-state index in [0.717, 1.165) is 3.72 Å². The number of nitrogens with one attached hydrogen (secondary N) is 1. The van der Waals surface area contributed by atoms with E-state index in [2.05, 4.69) is 5.84 Å². The molecule has 0 saturated heterocycles. The Morgan fingerprint density at radius 2 is 2.29 bits per heavy atom. The maximum atomic E-state index is 10.1. The monoisotopic (exact) mass is 281 g/mol. The van der Waals surface area contributed by atoms with Gasteiger partial charge in [0, 0.05) is 0 Å². The Labute approximate surface area is 51.1 Å². The van der Waals surface area contributed by atoms with Crippen molar-refractivity contribution in [3.63, 3.8) is 0 Å². The van der Waals surface area contributed by atoms with Crippen LogP contribution in [0.3, 0.4) is 0 Å². The number of hydrogen-bond donors (Lipinski definition) is 3. The van der Waals surface area contributed by atoms with Crippen molar-refractivity contribution in [3.05, 3.63) is 0 Å². The van der Waals surface area contributed by atoms with Crippen molar-refractivity contribution in [2.45, 2.75) is 0 Å². The van der Waals surface area contributed by atoms with Crippen molar-refractivity contribution in [1.82, 2.24) is 9.14 Å². The summed E-state index contributed by atoms with van der Waals surface area (Å²) in [5.74, 6) is 9.56. The molecule has 6 heteroatoms. The summed E-state index contributed by atoms with van der Waals surface area (Å²) in [6.45, 7) is 0. The van der Waals surface area contributed by atoms with Gasteiger partial charge in [0.1, 0.15) is 0 Å². The molecule has 0 aromatic carbocycles. The van der Waals surface area contributed by atoms with Crippen molar-refractivity contribution in [1.29, 1.82) is 0 Å². The third kappa shape index (κ3) is 2.51. The Bertz CT molecular complexity index is 72.1. The van der Waals surface area contributed by atoms with Crippen molar-refractivity contribution in [2.75, 3.05) is 0 Å². The third-order valence-corrected chi connectivity index (χ3v) is 0.828. The van der Waals surface area contributed by atoms with E-state index in [-0.39, 0.29) is 0 Å². The molecule has 0 unspecified atom stereocenters. The number of hydrazine groups is 2. The van der Waals surface area contributed by atoms with Crippen LogP contribution in [0.25, 0.3) is 0 Å². The number of nitrogens with zero attached hydrogens (tertiary/aromatic N) is 1. The van der Waals surface area contributed by atoms with Crippen molar-refractivity contribution >= 4 is 6.03 Å². The standard InChI is InChI=1S/CH6N4O.Os/c2-4-1(6)5-3;/h2-3H2,(H2,4,5,6);/q;+1/p-1. The zero-order valence-corrected chi connectivity index (χ0v) is 5.90. The van der Waals surface area contributed by atoms with Crippen LogP contribution < -0.4 is 17.1 Å². The second-order valence-corrected chi connectivity index (χ2v) is 1.97. The van der Waals surface area contributed by atoms with Crippen LogP contribution in [-0.2, 0) is 18.8 Å². The number of rotatable bonds is 0. The van der Waals surface area contributed by atoms with Crippen LogP contribution in [-0.4, -0.2) is 9.75 Å². The van der Waals surface area contributed by atoms with Crippen molar-refractivity contribution in [3.8, 4) is 0 Å². The molecule has 5 N–H and O–H groups in total. The van der Waals surface area contributed by atoms with E-state index in [0.29, 0.717) is 0 Å². The van der Waals surface area contributed by atoms with E-state index in [9.17, 15) is 4.79 Å². The number of hydrogen-bond acceptors (Lipinski definition) is 3. The first-order valence-electron chi connectivity index (χ1n) is 1.38. The van der Waals surface area contributed by atoms with Gasteiger partial charge in [-0.3, -0.25) is 0 Å². The van der Waals surface area contributed by atoms with Gasteiger partial charge in [0.25, 0.3) is 0 Å². The fraction of sp³-hybridized carbons (Fsp3) is 0. The summed E-state index contributed by atoms with van der Waals surface area (Å²) >= 11 is 1.21. The molecule has 0 bridgehead atoms. The Balaban J connectivity index is 3.35. The molecular formula is CH5N4OOs. The minimum atomic E-state index is -0.502. The summed E-state index contributed by atoms with van der Waals surface area (Å²) < 4.78 is 0.875. The molecule has 0 saturated carbocycles. The second-order valence-electron chi connectivity index (χ2n) is 0.749. The Morgan fingerprint density at radius 1 is 1.86 bits per heavy atom. The Kier molecular flexibility index (Phi) is 2.84. The predicted molar refractivity (Wildman–Crippen MR) is 18.7 cm³/mol. The van der Waals surface area contributed by atoms with Crippen LogP contribution >= 0.6 is 0 Å². The first kappa shape index (κ1) is 6.83. The molecular weight excluding hydrogens is 274 g/mol. The van der Waals surface area contributed by atoms with Gasteiger partial charge in [-0.05, 0) is 0 Å². The number of amides is 2. The van der Waals surface area contributed by atoms with Gasteiger partial charge in [0.05, 0.1) is 0 Å². The van der Waals surface area contributed by atoms with E-state index in [4.69, 9.17) is 5.84 Å². The molecule has 0 aliphatic heterocycles. The number of nitrogens with two attached hydrogens (primary N) is 2. The zero-order valence-electron chi connectivity index (χ0n) is 3.36. The van der Waals surface area contributed by atoms with Gasteiger partial charge in [0.15, 0.2) is 0 Å². The van der Waals surface area contributed by atoms with Gasteiger partial charge < -0.3 is 0 Å². The van der Waals surface area contributed by atoms with E-state index >= 15 is 0 Å². The minimum absolute atomic E-state index is 0.502. The van der Waals surface area contributed by atoms with Crippen LogP contribution in [0.4, 0.5) is 4.79 Å². The predicted octanol–water partition coefficient (Wildman–Crippen LogP) is -1.79. The quantitative estimate of drug-likeness (QED) is 0.278. The first-order chi connectivity index (χ1) is 3.18. The van der Waals surface area contributed by atoms with Gasteiger partial charge in [0.2, 0.25) is 0 Å². The van der Waals surface area contributed by atoms with Crippen LogP contribution in [0.15, 0.2) is 0 Å². The number of carbonyl (C=O) groups is 1. The van der Waals surface area contributed by atoms with Gasteiger partial charge in [-0.25, -0.2) is 0 Å². The molecule has 0 fully saturated rings. The molecule has 0 spiro atoms. The van der Waals surface area contributed by atoms with Gasteiger partial charge in [-0.15, -0.1) is 0 Å².